The number of rotatable bonds is 5. The van der Waals surface area contributed by atoms with E-state index in [2.05, 4.69) is 22.0 Å². The standard InChI is InChI=1S/C15H19N3O/c16-10-12-3-1-2-11-6-8-18(15(11)12)9-7-14(19)17-13-4-5-13/h1-3,6,8,13H,4-5,7,9-10,16H2,(H,17,19). The van der Waals surface area contributed by atoms with Gasteiger partial charge < -0.3 is 15.6 Å². The van der Waals surface area contributed by atoms with Crippen LogP contribution in [0.5, 0.6) is 0 Å². The Labute approximate surface area is 112 Å². The van der Waals surface area contributed by atoms with Gasteiger partial charge in [-0.2, -0.15) is 0 Å². The number of hydrogen-bond donors (Lipinski definition) is 2. The summed E-state index contributed by atoms with van der Waals surface area (Å²) in [6.07, 6.45) is 4.83. The van der Waals surface area contributed by atoms with E-state index in [1.807, 2.05) is 18.3 Å². The Kier molecular flexibility index (Phi) is 3.25. The van der Waals surface area contributed by atoms with Crippen LogP contribution >= 0.6 is 0 Å². The molecule has 2 aromatic rings. The van der Waals surface area contributed by atoms with Gasteiger partial charge in [-0.1, -0.05) is 18.2 Å². The summed E-state index contributed by atoms with van der Waals surface area (Å²) in [5.41, 5.74) is 8.07. The van der Waals surface area contributed by atoms with Crippen molar-refractivity contribution in [3.8, 4) is 0 Å². The predicted octanol–water partition coefficient (Wildman–Crippen LogP) is 1.77. The molecule has 4 heteroatoms. The lowest BCUT2D eigenvalue weighted by atomic mass is 10.1. The number of fused-ring (bicyclic) bond motifs is 1. The van der Waals surface area contributed by atoms with E-state index < -0.39 is 0 Å². The zero-order chi connectivity index (χ0) is 13.2. The van der Waals surface area contributed by atoms with Crippen molar-refractivity contribution in [3.63, 3.8) is 0 Å². The van der Waals surface area contributed by atoms with E-state index in [1.165, 1.54) is 5.39 Å². The maximum absolute atomic E-state index is 11.7. The van der Waals surface area contributed by atoms with Gasteiger partial charge in [0.2, 0.25) is 5.91 Å². The number of para-hydroxylation sites is 1. The summed E-state index contributed by atoms with van der Waals surface area (Å²) in [7, 11) is 0. The molecule has 1 aliphatic carbocycles. The van der Waals surface area contributed by atoms with E-state index in [-0.39, 0.29) is 5.91 Å². The molecule has 3 rings (SSSR count). The fraction of sp³-hybridized carbons (Fsp3) is 0.400. The SMILES string of the molecule is NCc1cccc2ccn(CCC(=O)NC3CC3)c12. The monoisotopic (exact) mass is 257 g/mol. The smallest absolute Gasteiger partial charge is 0.222 e. The zero-order valence-electron chi connectivity index (χ0n) is 10.9. The number of aryl methyl sites for hydroxylation is 1. The molecule has 0 unspecified atom stereocenters. The van der Waals surface area contributed by atoms with Crippen LogP contribution in [0.1, 0.15) is 24.8 Å². The normalized spacial score (nSPS) is 14.8. The molecule has 1 amide bonds. The second-order valence-electron chi connectivity index (χ2n) is 5.16. The first-order valence-corrected chi connectivity index (χ1v) is 6.84. The molecule has 0 spiro atoms. The lowest BCUT2D eigenvalue weighted by Crippen LogP contribution is -2.26. The van der Waals surface area contributed by atoms with E-state index in [0.29, 0.717) is 25.6 Å². The van der Waals surface area contributed by atoms with Crippen LogP contribution in [-0.2, 0) is 17.9 Å². The van der Waals surface area contributed by atoms with Crippen LogP contribution < -0.4 is 11.1 Å². The highest BCUT2D eigenvalue weighted by Crippen LogP contribution is 2.21. The molecule has 1 saturated carbocycles. The van der Waals surface area contributed by atoms with Gasteiger partial charge in [-0.05, 0) is 29.9 Å². The lowest BCUT2D eigenvalue weighted by molar-refractivity contribution is -0.121. The third-order valence-electron chi connectivity index (χ3n) is 3.61. The van der Waals surface area contributed by atoms with Gasteiger partial charge in [0.25, 0.3) is 0 Å². The van der Waals surface area contributed by atoms with Gasteiger partial charge in [0, 0.05) is 31.7 Å². The molecular weight excluding hydrogens is 238 g/mol. The zero-order valence-corrected chi connectivity index (χ0v) is 10.9. The van der Waals surface area contributed by atoms with Crippen LogP contribution in [0.25, 0.3) is 10.9 Å². The fourth-order valence-corrected chi connectivity index (χ4v) is 2.44. The number of nitrogens with two attached hydrogens (primary N) is 1. The summed E-state index contributed by atoms with van der Waals surface area (Å²) in [5.74, 6) is 0.148. The molecule has 1 aromatic heterocycles. The summed E-state index contributed by atoms with van der Waals surface area (Å²) < 4.78 is 2.13. The second-order valence-corrected chi connectivity index (χ2v) is 5.16. The van der Waals surface area contributed by atoms with Crippen LogP contribution in [0.4, 0.5) is 0 Å². The second kappa shape index (κ2) is 5.05. The molecule has 100 valence electrons. The number of amides is 1. The number of benzene rings is 1. The van der Waals surface area contributed by atoms with Crippen LogP contribution in [0.15, 0.2) is 30.5 Å². The number of hydrogen-bond acceptors (Lipinski definition) is 2. The molecular formula is C15H19N3O. The first kappa shape index (κ1) is 12.2. The third kappa shape index (κ3) is 2.63. The van der Waals surface area contributed by atoms with Gasteiger partial charge in [0.15, 0.2) is 0 Å². The highest BCUT2D eigenvalue weighted by atomic mass is 16.1. The Morgan fingerprint density at radius 3 is 2.95 bits per heavy atom. The molecule has 1 fully saturated rings. The summed E-state index contributed by atoms with van der Waals surface area (Å²) in [6, 6.07) is 8.66. The number of aromatic nitrogens is 1. The molecule has 1 aromatic carbocycles. The molecule has 0 atom stereocenters. The summed E-state index contributed by atoms with van der Waals surface area (Å²) in [6.45, 7) is 1.23. The van der Waals surface area contributed by atoms with Crippen molar-refractivity contribution in [3.05, 3.63) is 36.0 Å². The summed E-state index contributed by atoms with van der Waals surface area (Å²) in [5, 5.41) is 4.20. The van der Waals surface area contributed by atoms with E-state index in [4.69, 9.17) is 5.73 Å². The molecule has 0 saturated heterocycles. The highest BCUT2D eigenvalue weighted by molar-refractivity contribution is 5.83. The van der Waals surface area contributed by atoms with E-state index >= 15 is 0 Å². The van der Waals surface area contributed by atoms with Crippen molar-refractivity contribution in [2.75, 3.05) is 0 Å². The Morgan fingerprint density at radius 2 is 2.21 bits per heavy atom. The van der Waals surface area contributed by atoms with Crippen LogP contribution in [-0.4, -0.2) is 16.5 Å². The summed E-state index contributed by atoms with van der Waals surface area (Å²) in [4.78, 5) is 11.7. The van der Waals surface area contributed by atoms with Gasteiger partial charge in [-0.25, -0.2) is 0 Å². The molecule has 19 heavy (non-hydrogen) atoms. The molecule has 4 nitrogen and oxygen atoms in total. The first-order chi connectivity index (χ1) is 9.28. The quantitative estimate of drug-likeness (QED) is 0.857. The maximum atomic E-state index is 11.7. The van der Waals surface area contributed by atoms with Gasteiger partial charge in [-0.15, -0.1) is 0 Å². The lowest BCUT2D eigenvalue weighted by Gasteiger charge is -2.09. The number of carbonyl (C=O) groups excluding carboxylic acids is 1. The number of carbonyl (C=O) groups is 1. The van der Waals surface area contributed by atoms with Gasteiger partial charge in [0.05, 0.1) is 5.52 Å². The van der Waals surface area contributed by atoms with Crippen molar-refractivity contribution in [2.24, 2.45) is 5.73 Å². The van der Waals surface area contributed by atoms with Crippen LogP contribution in [0.2, 0.25) is 0 Å². The Morgan fingerprint density at radius 1 is 1.37 bits per heavy atom. The minimum absolute atomic E-state index is 0.148. The average Bonchev–Trinajstić information content (AvgIpc) is 3.13. The van der Waals surface area contributed by atoms with Gasteiger partial charge >= 0.3 is 0 Å². The van der Waals surface area contributed by atoms with E-state index in [9.17, 15) is 4.79 Å². The minimum Gasteiger partial charge on any atom is -0.353 e. The van der Waals surface area contributed by atoms with Crippen molar-refractivity contribution >= 4 is 16.8 Å². The molecule has 3 N–H and O–H groups in total. The Balaban J connectivity index is 1.74. The predicted molar refractivity (Wildman–Crippen MR) is 75.6 cm³/mol. The Bertz CT molecular complexity index is 598. The van der Waals surface area contributed by atoms with Crippen molar-refractivity contribution < 1.29 is 4.79 Å². The molecule has 0 radical (unpaired) electrons. The topological polar surface area (TPSA) is 60.0 Å². The molecule has 1 aliphatic rings. The third-order valence-corrected chi connectivity index (χ3v) is 3.61. The van der Waals surface area contributed by atoms with Crippen LogP contribution in [0.3, 0.4) is 0 Å². The minimum atomic E-state index is 0.148. The van der Waals surface area contributed by atoms with Gasteiger partial charge in [-0.3, -0.25) is 4.79 Å². The van der Waals surface area contributed by atoms with Crippen molar-refractivity contribution in [2.45, 2.75) is 38.4 Å². The van der Waals surface area contributed by atoms with Crippen molar-refractivity contribution in [1.29, 1.82) is 0 Å². The first-order valence-electron chi connectivity index (χ1n) is 6.84. The molecule has 1 heterocycles. The highest BCUT2D eigenvalue weighted by Gasteiger charge is 2.22. The Hall–Kier alpha value is -1.81. The summed E-state index contributed by atoms with van der Waals surface area (Å²) >= 11 is 0. The van der Waals surface area contributed by atoms with Crippen molar-refractivity contribution in [1.82, 2.24) is 9.88 Å². The van der Waals surface area contributed by atoms with Crippen LogP contribution in [0, 0.1) is 0 Å². The largest absolute Gasteiger partial charge is 0.353 e. The van der Waals surface area contributed by atoms with E-state index in [1.54, 1.807) is 0 Å². The van der Waals surface area contributed by atoms with Gasteiger partial charge in [0.1, 0.15) is 0 Å². The number of nitrogens with zero attached hydrogens (tertiary/aromatic N) is 1. The fourth-order valence-electron chi connectivity index (χ4n) is 2.44. The molecule has 0 bridgehead atoms. The number of nitrogens with one attached hydrogen (secondary N) is 1. The maximum Gasteiger partial charge on any atom is 0.222 e. The molecule has 0 aliphatic heterocycles. The average molecular weight is 257 g/mol. The van der Waals surface area contributed by atoms with E-state index in [0.717, 1.165) is 23.9 Å².